The highest BCUT2D eigenvalue weighted by atomic mass is 32.1. The minimum Gasteiger partial charge on any atom is -0.462 e. The van der Waals surface area contributed by atoms with Gasteiger partial charge in [0.1, 0.15) is 0 Å². The van der Waals surface area contributed by atoms with Crippen LogP contribution in [0.25, 0.3) is 0 Å². The molecule has 1 rings (SSSR count). The number of hydrogen-bond donors (Lipinski definition) is 1. The zero-order chi connectivity index (χ0) is 12.7. The van der Waals surface area contributed by atoms with Crippen LogP contribution >= 0.6 is 12.2 Å². The fourth-order valence-electron chi connectivity index (χ4n) is 1.35. The summed E-state index contributed by atoms with van der Waals surface area (Å²) in [5.41, 5.74) is 7.01. The summed E-state index contributed by atoms with van der Waals surface area (Å²) in [5, 5.41) is 0. The molecule has 0 fully saturated rings. The number of hydrogen-bond acceptors (Lipinski definition) is 3. The first-order chi connectivity index (χ1) is 8.13. The van der Waals surface area contributed by atoms with E-state index in [1.54, 1.807) is 12.1 Å². The SMILES string of the molecule is CCCCOC(=O)c1ccc(CC(N)=S)cc1. The molecule has 0 unspecified atom stereocenters. The van der Waals surface area contributed by atoms with E-state index in [4.69, 9.17) is 22.7 Å². The second kappa shape index (κ2) is 7.01. The largest absolute Gasteiger partial charge is 0.462 e. The predicted molar refractivity (Wildman–Crippen MR) is 72.1 cm³/mol. The average Bonchev–Trinajstić information content (AvgIpc) is 2.29. The second-order valence-corrected chi connectivity index (χ2v) is 4.35. The van der Waals surface area contributed by atoms with Gasteiger partial charge < -0.3 is 10.5 Å². The maximum Gasteiger partial charge on any atom is 0.338 e. The van der Waals surface area contributed by atoms with E-state index in [9.17, 15) is 4.79 Å². The van der Waals surface area contributed by atoms with Crippen molar-refractivity contribution in [2.24, 2.45) is 5.73 Å². The van der Waals surface area contributed by atoms with Gasteiger partial charge in [-0.1, -0.05) is 37.7 Å². The lowest BCUT2D eigenvalue weighted by Crippen LogP contribution is -2.11. The van der Waals surface area contributed by atoms with Gasteiger partial charge in [-0.3, -0.25) is 0 Å². The van der Waals surface area contributed by atoms with Crippen molar-refractivity contribution in [3.05, 3.63) is 35.4 Å². The monoisotopic (exact) mass is 251 g/mol. The summed E-state index contributed by atoms with van der Waals surface area (Å²) >= 11 is 4.82. The van der Waals surface area contributed by atoms with E-state index in [1.807, 2.05) is 12.1 Å². The molecule has 0 aromatic heterocycles. The van der Waals surface area contributed by atoms with Gasteiger partial charge in [0, 0.05) is 6.42 Å². The Morgan fingerprint density at radius 2 is 2.00 bits per heavy atom. The molecule has 17 heavy (non-hydrogen) atoms. The third-order valence-electron chi connectivity index (χ3n) is 2.30. The fraction of sp³-hybridized carbons (Fsp3) is 0.385. The van der Waals surface area contributed by atoms with Gasteiger partial charge in [-0.25, -0.2) is 4.79 Å². The van der Waals surface area contributed by atoms with E-state index >= 15 is 0 Å². The number of benzene rings is 1. The smallest absolute Gasteiger partial charge is 0.338 e. The number of esters is 1. The van der Waals surface area contributed by atoms with Crippen LogP contribution in [0.2, 0.25) is 0 Å². The van der Waals surface area contributed by atoms with Gasteiger partial charge in [0.25, 0.3) is 0 Å². The highest BCUT2D eigenvalue weighted by molar-refractivity contribution is 7.80. The number of thiocarbonyl (C=S) groups is 1. The number of carbonyl (C=O) groups excluding carboxylic acids is 1. The van der Waals surface area contributed by atoms with Crippen molar-refractivity contribution in [1.29, 1.82) is 0 Å². The fourth-order valence-corrected chi connectivity index (χ4v) is 1.52. The van der Waals surface area contributed by atoms with Crippen LogP contribution in [-0.4, -0.2) is 17.6 Å². The summed E-state index contributed by atoms with van der Waals surface area (Å²) in [6.07, 6.45) is 2.46. The minimum absolute atomic E-state index is 0.277. The van der Waals surface area contributed by atoms with Crippen molar-refractivity contribution in [2.75, 3.05) is 6.61 Å². The van der Waals surface area contributed by atoms with E-state index in [-0.39, 0.29) is 5.97 Å². The number of carbonyl (C=O) groups is 1. The third-order valence-corrected chi connectivity index (χ3v) is 2.44. The van der Waals surface area contributed by atoms with Crippen LogP contribution in [0.1, 0.15) is 35.7 Å². The van der Waals surface area contributed by atoms with Gasteiger partial charge in [0.15, 0.2) is 0 Å². The van der Waals surface area contributed by atoms with Crippen molar-refractivity contribution >= 4 is 23.2 Å². The Balaban J connectivity index is 2.54. The number of unbranched alkanes of at least 4 members (excludes halogenated alkanes) is 1. The summed E-state index contributed by atoms with van der Waals surface area (Å²) in [6.45, 7) is 2.53. The number of rotatable bonds is 6. The van der Waals surface area contributed by atoms with E-state index in [1.165, 1.54) is 0 Å². The molecule has 1 aromatic rings. The Bertz CT molecular complexity index is 387. The van der Waals surface area contributed by atoms with Crippen LogP contribution in [0.3, 0.4) is 0 Å². The standard InChI is InChI=1S/C13H17NO2S/c1-2-3-8-16-13(15)11-6-4-10(5-7-11)9-12(14)17/h4-7H,2-3,8-9H2,1H3,(H2,14,17). The van der Waals surface area contributed by atoms with Crippen molar-refractivity contribution in [3.8, 4) is 0 Å². The van der Waals surface area contributed by atoms with Crippen molar-refractivity contribution < 1.29 is 9.53 Å². The van der Waals surface area contributed by atoms with Gasteiger partial charge >= 0.3 is 5.97 Å². The van der Waals surface area contributed by atoms with Crippen molar-refractivity contribution in [2.45, 2.75) is 26.2 Å². The molecule has 0 radical (unpaired) electrons. The maximum absolute atomic E-state index is 11.6. The molecule has 2 N–H and O–H groups in total. The molecule has 0 aliphatic rings. The predicted octanol–water partition coefficient (Wildman–Crippen LogP) is 2.47. The molecule has 92 valence electrons. The number of ether oxygens (including phenoxy) is 1. The van der Waals surface area contributed by atoms with Gasteiger partial charge in [0.2, 0.25) is 0 Å². The lowest BCUT2D eigenvalue weighted by molar-refractivity contribution is 0.0500. The molecular formula is C13H17NO2S. The molecule has 0 atom stereocenters. The molecule has 0 aliphatic heterocycles. The number of nitrogens with two attached hydrogens (primary N) is 1. The van der Waals surface area contributed by atoms with Crippen LogP contribution in [0.5, 0.6) is 0 Å². The zero-order valence-electron chi connectivity index (χ0n) is 9.94. The molecule has 0 spiro atoms. The Labute approximate surface area is 107 Å². The van der Waals surface area contributed by atoms with Crippen molar-refractivity contribution in [1.82, 2.24) is 0 Å². The Morgan fingerprint density at radius 3 is 2.53 bits per heavy atom. The molecule has 0 aliphatic carbocycles. The molecule has 1 aromatic carbocycles. The van der Waals surface area contributed by atoms with E-state index in [0.717, 1.165) is 18.4 Å². The first-order valence-electron chi connectivity index (χ1n) is 5.68. The van der Waals surface area contributed by atoms with E-state index in [0.29, 0.717) is 23.6 Å². The molecule has 0 bridgehead atoms. The average molecular weight is 251 g/mol. The van der Waals surface area contributed by atoms with Crippen molar-refractivity contribution in [3.63, 3.8) is 0 Å². The quantitative estimate of drug-likeness (QED) is 0.479. The van der Waals surface area contributed by atoms with Crippen LogP contribution in [0, 0.1) is 0 Å². The second-order valence-electron chi connectivity index (χ2n) is 3.83. The van der Waals surface area contributed by atoms with Crippen LogP contribution < -0.4 is 5.73 Å². The highest BCUT2D eigenvalue weighted by Gasteiger charge is 2.06. The maximum atomic E-state index is 11.6. The Morgan fingerprint density at radius 1 is 1.35 bits per heavy atom. The first kappa shape index (κ1) is 13.6. The molecule has 0 saturated carbocycles. The molecule has 4 heteroatoms. The summed E-state index contributed by atoms with van der Waals surface area (Å²) < 4.78 is 5.10. The molecule has 0 heterocycles. The van der Waals surface area contributed by atoms with Gasteiger partial charge in [0.05, 0.1) is 17.2 Å². The van der Waals surface area contributed by atoms with E-state index in [2.05, 4.69) is 6.92 Å². The van der Waals surface area contributed by atoms with Gasteiger partial charge in [-0.2, -0.15) is 0 Å². The summed E-state index contributed by atoms with van der Waals surface area (Å²) in [6, 6.07) is 7.16. The normalized spacial score (nSPS) is 9.94. The third kappa shape index (κ3) is 4.95. The molecule has 3 nitrogen and oxygen atoms in total. The Hall–Kier alpha value is -1.42. The lowest BCUT2D eigenvalue weighted by Gasteiger charge is -2.05. The summed E-state index contributed by atoms with van der Waals surface area (Å²) in [5.74, 6) is -0.277. The first-order valence-corrected chi connectivity index (χ1v) is 6.08. The summed E-state index contributed by atoms with van der Waals surface area (Å²) in [4.78, 5) is 12.0. The molecule has 0 saturated heterocycles. The molecule has 0 amide bonds. The lowest BCUT2D eigenvalue weighted by atomic mass is 10.1. The Kier molecular flexibility index (Phi) is 5.63. The van der Waals surface area contributed by atoms with Gasteiger partial charge in [-0.15, -0.1) is 0 Å². The summed E-state index contributed by atoms with van der Waals surface area (Å²) in [7, 11) is 0. The minimum atomic E-state index is -0.277. The van der Waals surface area contributed by atoms with Crippen LogP contribution in [-0.2, 0) is 11.2 Å². The van der Waals surface area contributed by atoms with Gasteiger partial charge in [-0.05, 0) is 24.1 Å². The molecular weight excluding hydrogens is 234 g/mol. The highest BCUT2D eigenvalue weighted by Crippen LogP contribution is 2.07. The zero-order valence-corrected chi connectivity index (χ0v) is 10.8. The topological polar surface area (TPSA) is 52.3 Å². The van der Waals surface area contributed by atoms with E-state index < -0.39 is 0 Å². The van der Waals surface area contributed by atoms with Crippen LogP contribution in [0.4, 0.5) is 0 Å². The van der Waals surface area contributed by atoms with Crippen LogP contribution in [0.15, 0.2) is 24.3 Å².